The van der Waals surface area contributed by atoms with Crippen molar-refractivity contribution in [3.8, 4) is 0 Å². The van der Waals surface area contributed by atoms with Crippen molar-refractivity contribution >= 4 is 199 Å². The van der Waals surface area contributed by atoms with Crippen LogP contribution in [0.1, 0.15) is 223 Å². The Morgan fingerprint density at radius 1 is 0.444 bits per heavy atom. The van der Waals surface area contributed by atoms with Crippen LogP contribution in [0, 0.1) is 104 Å². The Morgan fingerprint density at radius 2 is 0.752 bits per heavy atom. The maximum atomic E-state index is 12.8. The van der Waals surface area contributed by atoms with Crippen LogP contribution < -0.4 is 50.5 Å². The summed E-state index contributed by atoms with van der Waals surface area (Å²) in [7, 11) is 3.12. The largest absolute Gasteiger partial charge is 0.0622 e. The van der Waals surface area contributed by atoms with Gasteiger partial charge < -0.3 is 4.18 Å². The zero-order chi connectivity index (χ0) is 94.7. The predicted molar refractivity (Wildman–Crippen MR) is 601 cm³/mol. The summed E-state index contributed by atoms with van der Waals surface area (Å²) in [6, 6.07) is 80.0. The molecule has 7 aromatic carbocycles. The first-order valence-corrected chi connectivity index (χ1v) is 75.2. The number of hydrogen-bond acceptors (Lipinski definition) is 5. The van der Waals surface area contributed by atoms with Crippen molar-refractivity contribution in [2.45, 2.75) is 236 Å². The SMILES string of the molecule is CCB(CC)c1cccnc1.C[C@H]1CC[C@@]2(C)C(=CC[C@@H]3[C@@H]2CC[C@]2(C)C(=O)CC[C@@H]32)C1.C[C@H]1CC[C@@]2(C)C(=CC[C@@H]3[C@@H]2CC[C@]2(C)C(OS(=O)(=O)C(F)(F)F)=CC[C@@H]32)C1.C[C@H]1CC[C@@]2(C)C(=CC[C@@H]3[C@@H]2CC[C@]2(C)C(c4ccccc4)=CC[C@@H]32)C1.I.II.I[I-]I.[Cl][Pd][Cl].c1ccc(P(c2ccccc2)c2ccccc2)cc1.c1ccc(P(c2ccccc2)c2ccccc2)cc1. The number of nitrogens with zero attached hydrogens (tertiary/aromatic N) is 1. The summed E-state index contributed by atoms with van der Waals surface area (Å²) in [5, 5.41) is 8.39. The molecule has 0 amide bonds. The van der Waals surface area contributed by atoms with Gasteiger partial charge in [0.15, 0.2) is 6.71 Å². The Balaban J connectivity index is 0.000000153. The number of hydrogen-bond donors (Lipinski definition) is 0. The molecular weight excluding hydrogens is 2520 g/mol. The Bertz CT molecular complexity index is 4960. The number of rotatable bonds is 12. The van der Waals surface area contributed by atoms with Crippen LogP contribution in [-0.2, 0) is 35.0 Å². The van der Waals surface area contributed by atoms with Crippen LogP contribution in [0.3, 0.4) is 0 Å². The molecule has 18 atom stereocenters. The third-order valence-corrected chi connectivity index (χ3v) is 39.5. The van der Waals surface area contributed by atoms with Crippen molar-refractivity contribution in [1.29, 1.82) is 0 Å². The van der Waals surface area contributed by atoms with Crippen molar-refractivity contribution in [3.05, 3.63) is 295 Å². The minimum absolute atomic E-state index is 0. The van der Waals surface area contributed by atoms with Crippen LogP contribution in [0.5, 0.6) is 0 Å². The Kier molecular flexibility index (Phi) is 43.2. The van der Waals surface area contributed by atoms with Crippen molar-refractivity contribution < 1.29 is 59.8 Å². The molecule has 20 rings (SSSR count). The zero-order valence-electron chi connectivity index (χ0n) is 79.3. The second-order valence-electron chi connectivity index (χ2n) is 40.7. The molecule has 7 fully saturated rings. The van der Waals surface area contributed by atoms with Crippen molar-refractivity contribution in [3.63, 3.8) is 0 Å². The van der Waals surface area contributed by atoms with Crippen LogP contribution in [0.2, 0.25) is 12.6 Å². The molecule has 0 saturated heterocycles. The molecule has 0 spiro atoms. The predicted octanol–water partition coefficient (Wildman–Crippen LogP) is 29.6. The number of fused-ring (bicyclic) bond motifs is 15. The van der Waals surface area contributed by atoms with Gasteiger partial charge in [-0.2, -0.15) is 21.6 Å². The molecule has 722 valence electrons. The molecule has 5 nitrogen and oxygen atoms in total. The molecule has 0 unspecified atom stereocenters. The van der Waals surface area contributed by atoms with E-state index >= 15 is 0 Å². The van der Waals surface area contributed by atoms with E-state index in [-0.39, 0.29) is 62.4 Å². The van der Waals surface area contributed by atoms with E-state index in [9.17, 15) is 26.4 Å². The van der Waals surface area contributed by atoms with Gasteiger partial charge in [0.1, 0.15) is 11.5 Å². The maximum Gasteiger partial charge on any atom is -0.0134 e. The van der Waals surface area contributed by atoms with E-state index in [1.807, 2.05) is 31.0 Å². The summed E-state index contributed by atoms with van der Waals surface area (Å²) in [4.78, 5) is 16.5. The molecule has 12 aliphatic carbocycles. The minimum atomic E-state index is -5.62. The van der Waals surface area contributed by atoms with Gasteiger partial charge in [0.2, 0.25) is 0 Å². The van der Waals surface area contributed by atoms with Crippen LogP contribution in [0.15, 0.2) is 290 Å². The summed E-state index contributed by atoms with van der Waals surface area (Å²) in [5.74, 6) is 9.09. The average Bonchev–Trinajstić information content (AvgIpc) is 1.22. The number of alkyl halides is 3. The molecule has 7 saturated carbocycles. The van der Waals surface area contributed by atoms with Crippen LogP contribution in [0.25, 0.3) is 5.57 Å². The van der Waals surface area contributed by atoms with E-state index in [0.29, 0.717) is 78.5 Å². The summed E-state index contributed by atoms with van der Waals surface area (Å²) in [5.41, 5.74) is 5.21. The van der Waals surface area contributed by atoms with Gasteiger partial charge in [0.25, 0.3) is 0 Å². The zero-order valence-corrected chi connectivity index (χ0v) is 98.1. The van der Waals surface area contributed by atoms with Gasteiger partial charge in [-0.15, -0.1) is 24.0 Å². The van der Waals surface area contributed by atoms with E-state index in [4.69, 9.17) is 19.1 Å². The van der Waals surface area contributed by atoms with Gasteiger partial charge >= 0.3 is 101 Å². The third kappa shape index (κ3) is 26.1. The molecular formula is C112H138BCl2F3I6NO4P2PdS-. The fourth-order valence-electron chi connectivity index (χ4n) is 26.5. The van der Waals surface area contributed by atoms with Gasteiger partial charge in [0.05, 0.1) is 0 Å². The van der Waals surface area contributed by atoms with E-state index in [1.54, 1.807) is 22.8 Å². The number of benzene rings is 7. The summed E-state index contributed by atoms with van der Waals surface area (Å²) < 4.78 is 66.3. The average molecular weight is 2660 g/mol. The van der Waals surface area contributed by atoms with Crippen molar-refractivity contribution in [2.75, 3.05) is 0 Å². The minimum Gasteiger partial charge on any atom is -0.0622 e. The molecule has 8 aromatic rings. The first-order valence-electron chi connectivity index (χ1n) is 48.2. The quantitative estimate of drug-likeness (QED) is 0.0304. The molecule has 12 aliphatic rings. The van der Waals surface area contributed by atoms with Gasteiger partial charge in [-0.1, -0.05) is 354 Å². The van der Waals surface area contributed by atoms with Crippen LogP contribution >= 0.6 is 133 Å². The van der Waals surface area contributed by atoms with Crippen molar-refractivity contribution in [2.24, 2.45) is 104 Å². The molecule has 1 heterocycles. The van der Waals surface area contributed by atoms with Crippen LogP contribution in [-0.4, -0.2) is 31.4 Å². The van der Waals surface area contributed by atoms with E-state index in [1.165, 1.54) is 152 Å². The molecule has 133 heavy (non-hydrogen) atoms. The standard InChI is InChI=1S/C26H34.C21H29F3O3S.C20H30O.2C18H15P.C9H14BN.2ClH.I3.I2.HI.Pd/c1-18-13-15-25(2)20(17-18)9-10-21-23-12-11-22(19-7-5-4-6-8-19)26(23,3)16-14-24(21)25;1-13-8-10-19(2)14(12-13)4-5-15-16-6-7-18(20(16,3)11-9-17(15)19)27-28(25,26)21(22,23)24;1-13-8-10-19(2)14(12-13)4-5-15-16-6-7-18(21)20(16,3)11-9-17(15)19;2*1-4-10-16(11-5-1)19(17-12-6-2-7-13-17)18-14-8-3-9-15-18;1-3-10(4-2)9-6-5-7-11-8-9;;;1-3-2;1-2;;/h4-9,11,18,21,23-24H,10,12-17H2,1-3H3;4,7,13,15-17H,5-6,8-12H2,1-3H3;4,13,15-17H,5-12H2,1-3H3;2*1-15H;5-8H,3-4H2,1-2H3;2*1H;;;1H;/q;;;;;;;;-1;;;+2/p-2/t18-,21-,23-,24-,25-,26+;2*13-,15-,16-,17-,19-,20-;;;;;;;;;/m000........./s1. The number of ketones is 1. The molecule has 21 heteroatoms. The Morgan fingerprint density at radius 3 is 1.09 bits per heavy atom. The smallest absolute Gasteiger partial charge is 0.0134 e. The number of carbonyl (C=O) groups is 1. The Labute approximate surface area is 886 Å². The second kappa shape index (κ2) is 51.6. The number of carbonyl (C=O) groups excluding carboxylic acids is 1. The van der Waals surface area contributed by atoms with Crippen molar-refractivity contribution in [1.82, 2.24) is 4.98 Å². The number of aromatic nitrogens is 1. The second-order valence-corrected chi connectivity index (χ2v) is 65.3. The maximum absolute atomic E-state index is 12.8. The fraction of sp³-hybridized carbons (Fsp3) is 0.482. The summed E-state index contributed by atoms with van der Waals surface area (Å²) in [6.45, 7) is 26.6. The fourth-order valence-corrected chi connectivity index (χ4v) is 31.7. The van der Waals surface area contributed by atoms with Gasteiger partial charge in [-0.25, -0.2) is 0 Å². The number of pyridine rings is 1. The van der Waals surface area contributed by atoms with E-state index in [2.05, 4.69) is 396 Å². The summed E-state index contributed by atoms with van der Waals surface area (Å²) in [6.07, 6.45) is 44.3. The van der Waals surface area contributed by atoms with Gasteiger partial charge in [-0.05, 0) is 298 Å². The normalized spacial score (nSPS) is 30.3. The first-order chi connectivity index (χ1) is 63.5. The molecule has 0 radical (unpaired) electrons. The summed E-state index contributed by atoms with van der Waals surface area (Å²) >= 11 is 9.43. The first kappa shape index (κ1) is 112. The van der Waals surface area contributed by atoms with Crippen LogP contribution in [0.4, 0.5) is 13.2 Å². The Hall–Kier alpha value is -1.85. The van der Waals surface area contributed by atoms with Gasteiger partial charge in [0, 0.05) is 66.9 Å². The number of halogens is 11. The monoisotopic (exact) mass is 2660 g/mol. The molecule has 0 aliphatic heterocycles. The number of allylic oxidation sites excluding steroid dienone is 10. The topological polar surface area (TPSA) is 73.3 Å². The molecule has 0 bridgehead atoms. The van der Waals surface area contributed by atoms with E-state index in [0.717, 1.165) is 73.5 Å². The third-order valence-electron chi connectivity index (χ3n) is 33.6. The number of Topliss-reactive ketones (excluding diaryl/α,β-unsaturated/α-hetero) is 1. The van der Waals surface area contributed by atoms with Gasteiger partial charge in [-0.3, -0.25) is 9.78 Å². The molecule has 1 aromatic heterocycles. The van der Waals surface area contributed by atoms with E-state index < -0.39 is 36.9 Å². The molecule has 0 N–H and O–H groups in total.